The van der Waals surface area contributed by atoms with E-state index in [1.807, 2.05) is 11.6 Å². The maximum Gasteiger partial charge on any atom is 0.245 e. The molecule has 2 rings (SSSR count). The third-order valence-corrected chi connectivity index (χ3v) is 3.57. The van der Waals surface area contributed by atoms with Crippen LogP contribution in [0.5, 0.6) is 0 Å². The van der Waals surface area contributed by atoms with E-state index in [1.54, 1.807) is 0 Å². The molecule has 2 heterocycles. The summed E-state index contributed by atoms with van der Waals surface area (Å²) in [6.07, 6.45) is 2.03. The molecule has 0 N–H and O–H groups in total. The molecule has 6 nitrogen and oxygen atoms in total. The van der Waals surface area contributed by atoms with Gasteiger partial charge in [0.25, 0.3) is 0 Å². The van der Waals surface area contributed by atoms with Crippen LogP contribution in [0.15, 0.2) is 11.1 Å². The van der Waals surface area contributed by atoms with Gasteiger partial charge in [-0.25, -0.2) is 4.68 Å². The molecule has 0 spiro atoms. The Labute approximate surface area is 114 Å². The zero-order valence-corrected chi connectivity index (χ0v) is 12.1. The quantitative estimate of drug-likeness (QED) is 0.578. The van der Waals surface area contributed by atoms with E-state index in [2.05, 4.69) is 34.3 Å². The van der Waals surface area contributed by atoms with Gasteiger partial charge in [0.1, 0.15) is 0 Å². The van der Waals surface area contributed by atoms with E-state index < -0.39 is 0 Å². The van der Waals surface area contributed by atoms with Crippen LogP contribution in [0, 0.1) is 0 Å². The number of hydrogen-bond acceptors (Lipinski definition) is 5. The number of rotatable bonds is 6. The molecular weight excluding hydrogens is 242 g/mol. The monoisotopic (exact) mass is 265 g/mol. The van der Waals surface area contributed by atoms with E-state index in [0.29, 0.717) is 0 Å². The smallest absolute Gasteiger partial charge is 0.245 e. The van der Waals surface area contributed by atoms with E-state index in [0.717, 1.165) is 51.6 Å². The fourth-order valence-corrected chi connectivity index (χ4v) is 2.22. The van der Waals surface area contributed by atoms with Gasteiger partial charge in [0.15, 0.2) is 0 Å². The Hall–Kier alpha value is -1.43. The summed E-state index contributed by atoms with van der Waals surface area (Å²) < 4.78 is 7.23. The molecule has 6 heteroatoms. The summed E-state index contributed by atoms with van der Waals surface area (Å²) in [5.41, 5.74) is 2.92. The summed E-state index contributed by atoms with van der Waals surface area (Å²) in [4.78, 5) is 2.25. The molecule has 0 aromatic carbocycles. The highest BCUT2D eigenvalue weighted by Gasteiger charge is 2.19. The summed E-state index contributed by atoms with van der Waals surface area (Å²) >= 11 is 0. The second kappa shape index (κ2) is 6.65. The van der Waals surface area contributed by atoms with Crippen LogP contribution in [0.25, 0.3) is 0 Å². The fraction of sp³-hybridized carbons (Fsp3) is 0.769. The maximum absolute atomic E-state index is 5.35. The number of ether oxygens (including phenoxy) is 1. The lowest BCUT2D eigenvalue weighted by Crippen LogP contribution is -2.33. The molecule has 0 aliphatic carbocycles. The Morgan fingerprint density at radius 1 is 1.26 bits per heavy atom. The molecule has 1 aromatic heterocycles. The predicted octanol–water partition coefficient (Wildman–Crippen LogP) is 1.65. The molecule has 0 radical (unpaired) electrons. The normalized spacial score (nSPS) is 16.3. The average Bonchev–Trinajstić information content (AvgIpc) is 2.86. The van der Waals surface area contributed by atoms with Crippen molar-refractivity contribution in [3.8, 4) is 0 Å². The Morgan fingerprint density at radius 2 is 2.11 bits per heavy atom. The molecule has 1 aliphatic heterocycles. The highest BCUT2D eigenvalue weighted by Crippen LogP contribution is 2.21. The first-order chi connectivity index (χ1) is 9.22. The van der Waals surface area contributed by atoms with Crippen molar-refractivity contribution in [3.05, 3.63) is 11.1 Å². The molecule has 0 fully saturated rings. The van der Waals surface area contributed by atoms with Gasteiger partial charge in [-0.05, 0) is 44.0 Å². The topological polar surface area (TPSA) is 56.1 Å². The third-order valence-electron chi connectivity index (χ3n) is 3.57. The van der Waals surface area contributed by atoms with E-state index in [-0.39, 0.29) is 0 Å². The largest absolute Gasteiger partial charge is 0.382 e. The fourth-order valence-electron chi connectivity index (χ4n) is 2.22. The van der Waals surface area contributed by atoms with E-state index in [9.17, 15) is 0 Å². The van der Waals surface area contributed by atoms with Crippen molar-refractivity contribution < 1.29 is 4.74 Å². The molecule has 0 unspecified atom stereocenters. The second-order valence-electron chi connectivity index (χ2n) is 4.98. The van der Waals surface area contributed by atoms with Crippen LogP contribution in [0.3, 0.4) is 0 Å². The first-order valence-electron chi connectivity index (χ1n) is 6.96. The molecular formula is C13H23N5O. The Bertz CT molecular complexity index is 440. The zero-order chi connectivity index (χ0) is 13.7. The van der Waals surface area contributed by atoms with E-state index >= 15 is 0 Å². The molecule has 1 aliphatic rings. The van der Waals surface area contributed by atoms with Crippen LogP contribution >= 0.6 is 0 Å². The van der Waals surface area contributed by atoms with Crippen molar-refractivity contribution in [2.24, 2.45) is 0 Å². The number of nitrogens with zero attached hydrogens (tertiary/aromatic N) is 5. The molecule has 0 atom stereocenters. The Morgan fingerprint density at radius 3 is 2.84 bits per heavy atom. The summed E-state index contributed by atoms with van der Waals surface area (Å²) in [5, 5.41) is 12.0. The summed E-state index contributed by atoms with van der Waals surface area (Å²) in [6.45, 7) is 10.6. The minimum atomic E-state index is 0.758. The molecule has 1 aromatic rings. The van der Waals surface area contributed by atoms with Gasteiger partial charge in [-0.2, -0.15) is 0 Å². The molecule has 0 bridgehead atoms. The van der Waals surface area contributed by atoms with Crippen molar-refractivity contribution in [2.45, 2.75) is 40.2 Å². The Kier molecular flexibility index (Phi) is 4.90. The van der Waals surface area contributed by atoms with Gasteiger partial charge in [0.2, 0.25) is 5.95 Å². The highest BCUT2D eigenvalue weighted by molar-refractivity contribution is 5.35. The lowest BCUT2D eigenvalue weighted by atomic mass is 10.0. The Balaban J connectivity index is 1.96. The van der Waals surface area contributed by atoms with Gasteiger partial charge in [-0.3, -0.25) is 0 Å². The minimum absolute atomic E-state index is 0.758. The summed E-state index contributed by atoms with van der Waals surface area (Å²) in [6, 6.07) is 0. The number of aryl methyl sites for hydroxylation is 1. The molecule has 19 heavy (non-hydrogen) atoms. The summed E-state index contributed by atoms with van der Waals surface area (Å²) in [5.74, 6) is 0.878. The van der Waals surface area contributed by atoms with Gasteiger partial charge in [-0.15, -0.1) is 0 Å². The van der Waals surface area contributed by atoms with Crippen molar-refractivity contribution in [1.29, 1.82) is 0 Å². The average molecular weight is 265 g/mol. The van der Waals surface area contributed by atoms with E-state index in [1.165, 1.54) is 11.1 Å². The van der Waals surface area contributed by atoms with Gasteiger partial charge in [0.05, 0.1) is 0 Å². The van der Waals surface area contributed by atoms with Crippen LogP contribution in [0.2, 0.25) is 0 Å². The lowest BCUT2D eigenvalue weighted by Gasteiger charge is -2.28. The van der Waals surface area contributed by atoms with E-state index in [4.69, 9.17) is 4.74 Å². The highest BCUT2D eigenvalue weighted by atomic mass is 16.5. The van der Waals surface area contributed by atoms with Crippen LogP contribution in [0.1, 0.15) is 33.6 Å². The van der Waals surface area contributed by atoms with Crippen LogP contribution < -0.4 is 4.90 Å². The van der Waals surface area contributed by atoms with Gasteiger partial charge in [0, 0.05) is 32.8 Å². The molecule has 106 valence electrons. The van der Waals surface area contributed by atoms with Gasteiger partial charge in [-0.1, -0.05) is 16.2 Å². The predicted molar refractivity (Wildman–Crippen MR) is 74.1 cm³/mol. The van der Waals surface area contributed by atoms with Crippen molar-refractivity contribution in [1.82, 2.24) is 20.2 Å². The van der Waals surface area contributed by atoms with Crippen molar-refractivity contribution in [2.75, 3.05) is 31.2 Å². The standard InChI is InChI=1S/C13H23N5O/c1-4-19-9-5-7-18-13(14-15-16-18)17-8-6-11(2)12(3)10-17/h4-10H2,1-3H3. The first-order valence-corrected chi connectivity index (χ1v) is 6.96. The van der Waals surface area contributed by atoms with Crippen molar-refractivity contribution in [3.63, 3.8) is 0 Å². The third kappa shape index (κ3) is 3.53. The SMILES string of the molecule is CCOCCCn1nnnc1N1CCC(C)=C(C)C1. The molecule has 0 saturated carbocycles. The van der Waals surface area contributed by atoms with Crippen LogP contribution in [0.4, 0.5) is 5.95 Å². The first kappa shape index (κ1) is 14.0. The minimum Gasteiger partial charge on any atom is -0.382 e. The van der Waals surface area contributed by atoms with Crippen molar-refractivity contribution >= 4 is 5.95 Å². The molecule has 0 saturated heterocycles. The number of tetrazole rings is 1. The van der Waals surface area contributed by atoms with Crippen LogP contribution in [-0.4, -0.2) is 46.5 Å². The summed E-state index contributed by atoms with van der Waals surface area (Å²) in [7, 11) is 0. The number of aromatic nitrogens is 4. The molecule has 0 amide bonds. The lowest BCUT2D eigenvalue weighted by molar-refractivity contribution is 0.140. The van der Waals surface area contributed by atoms with Gasteiger partial charge >= 0.3 is 0 Å². The number of anilines is 1. The van der Waals surface area contributed by atoms with Gasteiger partial charge < -0.3 is 9.64 Å². The second-order valence-corrected chi connectivity index (χ2v) is 4.98. The van der Waals surface area contributed by atoms with Crippen LogP contribution in [-0.2, 0) is 11.3 Å². The zero-order valence-electron chi connectivity index (χ0n) is 12.1. The number of hydrogen-bond donors (Lipinski definition) is 0. The maximum atomic E-state index is 5.35.